The molecule has 3 amide bonds. The van der Waals surface area contributed by atoms with E-state index in [1.165, 1.54) is 5.01 Å². The molecule has 1 aliphatic rings. The van der Waals surface area contributed by atoms with Crippen LogP contribution in [0.5, 0.6) is 0 Å². The first-order chi connectivity index (χ1) is 16.4. The Balaban J connectivity index is 1.68. The number of halogens is 1. The van der Waals surface area contributed by atoms with Crippen molar-refractivity contribution >= 4 is 35.7 Å². The van der Waals surface area contributed by atoms with Crippen LogP contribution in [0.1, 0.15) is 18.1 Å². The molecule has 1 saturated heterocycles. The number of nitrogens with zero attached hydrogens (tertiary/aromatic N) is 3. The standard InChI is InChI=1S/C24H30ClN5O4/c1-2-18-7-9-20(10-8-18)27-24(33)34-16-21-15-28(23(32)13-26)11-12-30(21)29(17-31)14-19-5-3-4-6-22(19)25/h3-10,17,21H,2,11-16,26H2,1H3,(H,27,33). The summed E-state index contributed by atoms with van der Waals surface area (Å²) in [5.41, 5.74) is 8.10. The maximum absolute atomic E-state index is 12.4. The SMILES string of the molecule is CCc1ccc(NC(=O)OCC2CN(C(=O)CN)CCN2N(C=O)Cc2ccccc2Cl)cc1. The Labute approximate surface area is 204 Å². The van der Waals surface area contributed by atoms with E-state index in [0.29, 0.717) is 30.2 Å². The topological polar surface area (TPSA) is 108 Å². The quantitative estimate of drug-likeness (QED) is 0.526. The molecule has 182 valence electrons. The second-order valence-electron chi connectivity index (χ2n) is 7.93. The van der Waals surface area contributed by atoms with Crippen molar-refractivity contribution in [3.63, 3.8) is 0 Å². The summed E-state index contributed by atoms with van der Waals surface area (Å²) in [4.78, 5) is 38.2. The minimum Gasteiger partial charge on any atom is -0.447 e. The average Bonchev–Trinajstić information content (AvgIpc) is 2.87. The van der Waals surface area contributed by atoms with Crippen molar-refractivity contribution < 1.29 is 19.1 Å². The maximum atomic E-state index is 12.4. The first-order valence-corrected chi connectivity index (χ1v) is 11.5. The zero-order chi connectivity index (χ0) is 24.5. The van der Waals surface area contributed by atoms with Crippen molar-refractivity contribution in [2.24, 2.45) is 5.73 Å². The molecule has 3 N–H and O–H groups in total. The minimum absolute atomic E-state index is 0.0277. The molecule has 2 aromatic rings. The van der Waals surface area contributed by atoms with Gasteiger partial charge in [0.15, 0.2) is 0 Å². The summed E-state index contributed by atoms with van der Waals surface area (Å²) in [6.45, 7) is 3.21. The van der Waals surface area contributed by atoms with E-state index in [4.69, 9.17) is 22.1 Å². The fourth-order valence-corrected chi connectivity index (χ4v) is 4.01. The van der Waals surface area contributed by atoms with Crippen molar-refractivity contribution in [2.75, 3.05) is 38.1 Å². The average molecular weight is 488 g/mol. The monoisotopic (exact) mass is 487 g/mol. The zero-order valence-electron chi connectivity index (χ0n) is 19.2. The molecule has 1 fully saturated rings. The van der Waals surface area contributed by atoms with Crippen molar-refractivity contribution in [3.05, 3.63) is 64.7 Å². The van der Waals surface area contributed by atoms with Crippen LogP contribution >= 0.6 is 11.6 Å². The van der Waals surface area contributed by atoms with Crippen LogP contribution in [0.2, 0.25) is 5.02 Å². The molecule has 0 aliphatic carbocycles. The zero-order valence-corrected chi connectivity index (χ0v) is 19.9. The van der Waals surface area contributed by atoms with E-state index in [1.807, 2.05) is 42.5 Å². The molecular weight excluding hydrogens is 458 g/mol. The van der Waals surface area contributed by atoms with Crippen LogP contribution in [-0.4, -0.2) is 72.2 Å². The van der Waals surface area contributed by atoms with Gasteiger partial charge in [0.25, 0.3) is 0 Å². The highest BCUT2D eigenvalue weighted by molar-refractivity contribution is 6.31. The molecule has 9 nitrogen and oxygen atoms in total. The molecule has 1 unspecified atom stereocenters. The van der Waals surface area contributed by atoms with Gasteiger partial charge in [-0.25, -0.2) is 9.80 Å². The second kappa shape index (κ2) is 12.4. The normalized spacial score (nSPS) is 16.1. The molecule has 1 aliphatic heterocycles. The Hall–Kier alpha value is -3.14. The number of ether oxygens (including phenoxy) is 1. The molecular formula is C24H30ClN5O4. The van der Waals surface area contributed by atoms with Gasteiger partial charge in [-0.3, -0.25) is 19.9 Å². The highest BCUT2D eigenvalue weighted by atomic mass is 35.5. The van der Waals surface area contributed by atoms with Crippen LogP contribution < -0.4 is 11.1 Å². The third kappa shape index (κ3) is 6.69. The van der Waals surface area contributed by atoms with E-state index in [2.05, 4.69) is 12.2 Å². The second-order valence-corrected chi connectivity index (χ2v) is 8.34. The molecule has 1 atom stereocenters. The Kier molecular flexibility index (Phi) is 9.26. The van der Waals surface area contributed by atoms with Gasteiger partial charge in [-0.2, -0.15) is 0 Å². The summed E-state index contributed by atoms with van der Waals surface area (Å²) >= 11 is 6.28. The van der Waals surface area contributed by atoms with Crippen molar-refractivity contribution in [1.29, 1.82) is 0 Å². The lowest BCUT2D eigenvalue weighted by Crippen LogP contribution is -2.62. The lowest BCUT2D eigenvalue weighted by Gasteiger charge is -2.44. The van der Waals surface area contributed by atoms with E-state index >= 15 is 0 Å². The minimum atomic E-state index is -0.616. The Morgan fingerprint density at radius 3 is 2.59 bits per heavy atom. The third-order valence-electron chi connectivity index (χ3n) is 5.74. The molecule has 2 aromatic carbocycles. The number of piperazine rings is 1. The van der Waals surface area contributed by atoms with Crippen LogP contribution in [0.15, 0.2) is 48.5 Å². The van der Waals surface area contributed by atoms with E-state index in [-0.39, 0.29) is 32.1 Å². The first-order valence-electron chi connectivity index (χ1n) is 11.2. The third-order valence-corrected chi connectivity index (χ3v) is 6.10. The summed E-state index contributed by atoms with van der Waals surface area (Å²) < 4.78 is 5.47. The Bertz CT molecular complexity index is 988. The first kappa shape index (κ1) is 25.5. The van der Waals surface area contributed by atoms with Crippen LogP contribution in [0.3, 0.4) is 0 Å². The van der Waals surface area contributed by atoms with Gasteiger partial charge in [-0.1, -0.05) is 48.9 Å². The number of nitrogens with one attached hydrogen (secondary N) is 1. The Morgan fingerprint density at radius 2 is 1.94 bits per heavy atom. The molecule has 34 heavy (non-hydrogen) atoms. The van der Waals surface area contributed by atoms with Crippen LogP contribution in [0, 0.1) is 0 Å². The lowest BCUT2D eigenvalue weighted by atomic mass is 10.1. The number of benzene rings is 2. The highest BCUT2D eigenvalue weighted by Crippen LogP contribution is 2.20. The van der Waals surface area contributed by atoms with Gasteiger partial charge < -0.3 is 15.4 Å². The molecule has 1 heterocycles. The number of amides is 3. The van der Waals surface area contributed by atoms with Crippen LogP contribution in [-0.2, 0) is 27.3 Å². The Morgan fingerprint density at radius 1 is 1.21 bits per heavy atom. The molecule has 0 aromatic heterocycles. The maximum Gasteiger partial charge on any atom is 0.411 e. The molecule has 0 spiro atoms. The summed E-state index contributed by atoms with van der Waals surface area (Å²) in [5.74, 6) is -0.200. The summed E-state index contributed by atoms with van der Waals surface area (Å²) in [7, 11) is 0. The number of hydrogen-bond donors (Lipinski definition) is 2. The van der Waals surface area contributed by atoms with Crippen molar-refractivity contribution in [3.8, 4) is 0 Å². The largest absolute Gasteiger partial charge is 0.447 e. The van der Waals surface area contributed by atoms with Gasteiger partial charge >= 0.3 is 6.09 Å². The van der Waals surface area contributed by atoms with E-state index in [9.17, 15) is 14.4 Å². The number of anilines is 1. The molecule has 3 rings (SSSR count). The number of hydrazine groups is 1. The van der Waals surface area contributed by atoms with Gasteiger partial charge in [0.1, 0.15) is 6.61 Å². The number of carbonyl (C=O) groups excluding carboxylic acids is 3. The van der Waals surface area contributed by atoms with E-state index in [1.54, 1.807) is 16.0 Å². The highest BCUT2D eigenvalue weighted by Gasteiger charge is 2.33. The molecule has 10 heteroatoms. The molecule has 0 radical (unpaired) electrons. The summed E-state index contributed by atoms with van der Waals surface area (Å²) in [6, 6.07) is 14.3. The molecule has 0 saturated carbocycles. The number of carbonyl (C=O) groups is 3. The number of nitrogens with two attached hydrogens (primary N) is 1. The predicted octanol–water partition coefficient (Wildman–Crippen LogP) is 2.50. The van der Waals surface area contributed by atoms with Gasteiger partial charge in [0, 0.05) is 30.3 Å². The number of aryl methyl sites for hydroxylation is 1. The number of rotatable bonds is 9. The fraction of sp³-hybridized carbons (Fsp3) is 0.375. The van der Waals surface area contributed by atoms with Crippen molar-refractivity contribution in [2.45, 2.75) is 25.9 Å². The predicted molar refractivity (Wildman–Crippen MR) is 130 cm³/mol. The van der Waals surface area contributed by atoms with Gasteiger partial charge in [-0.15, -0.1) is 0 Å². The van der Waals surface area contributed by atoms with E-state index < -0.39 is 12.1 Å². The summed E-state index contributed by atoms with van der Waals surface area (Å²) in [5, 5.41) is 6.56. The lowest BCUT2D eigenvalue weighted by molar-refractivity contribution is -0.155. The number of hydrogen-bond acceptors (Lipinski definition) is 6. The summed E-state index contributed by atoms with van der Waals surface area (Å²) in [6.07, 6.45) is 1.00. The van der Waals surface area contributed by atoms with E-state index in [0.717, 1.165) is 17.5 Å². The van der Waals surface area contributed by atoms with Crippen LogP contribution in [0.25, 0.3) is 0 Å². The van der Waals surface area contributed by atoms with Gasteiger partial charge in [0.05, 0.1) is 19.1 Å². The van der Waals surface area contributed by atoms with Gasteiger partial charge in [-0.05, 0) is 35.7 Å². The van der Waals surface area contributed by atoms with Crippen molar-refractivity contribution in [1.82, 2.24) is 14.9 Å². The van der Waals surface area contributed by atoms with Gasteiger partial charge in [0.2, 0.25) is 12.3 Å². The molecule has 0 bridgehead atoms. The smallest absolute Gasteiger partial charge is 0.411 e. The fourth-order valence-electron chi connectivity index (χ4n) is 3.82. The van der Waals surface area contributed by atoms with Crippen LogP contribution in [0.4, 0.5) is 10.5 Å².